The minimum atomic E-state index is -0.946. The number of nitrogens with two attached hydrogens (primary N) is 1. The van der Waals surface area contributed by atoms with E-state index >= 15 is 0 Å². The normalized spacial score (nSPS) is 12.5. The smallest absolute Gasteiger partial charge is 0.303 e. The number of carbonyl (C=O) groups excluding carboxylic acids is 1. The van der Waals surface area contributed by atoms with E-state index in [2.05, 4.69) is 5.32 Å². The second-order valence-corrected chi connectivity index (χ2v) is 4.10. The molecule has 6 nitrogen and oxygen atoms in total. The molecular weight excluding hydrogens is 224 g/mol. The van der Waals surface area contributed by atoms with E-state index < -0.39 is 12.0 Å². The van der Waals surface area contributed by atoms with Crippen LogP contribution in [0.15, 0.2) is 0 Å². The third-order valence-electron chi connectivity index (χ3n) is 2.08. The molecule has 0 aromatic heterocycles. The average molecular weight is 246 g/mol. The predicted molar refractivity (Wildman–Crippen MR) is 63.6 cm³/mol. The van der Waals surface area contributed by atoms with Gasteiger partial charge in [0.1, 0.15) is 0 Å². The summed E-state index contributed by atoms with van der Waals surface area (Å²) in [7, 11) is 0. The molecule has 0 aliphatic carbocycles. The van der Waals surface area contributed by atoms with Gasteiger partial charge < -0.3 is 20.9 Å². The van der Waals surface area contributed by atoms with Gasteiger partial charge in [-0.1, -0.05) is 0 Å². The van der Waals surface area contributed by atoms with E-state index in [9.17, 15) is 9.59 Å². The molecule has 4 N–H and O–H groups in total. The van der Waals surface area contributed by atoms with Gasteiger partial charge in [-0.05, 0) is 26.7 Å². The molecule has 0 heterocycles. The molecule has 0 saturated heterocycles. The summed E-state index contributed by atoms with van der Waals surface area (Å²) in [6.07, 6.45) is 0.966. The SMILES string of the molecule is CC(C)OCCCNC(=O)C(N)CCC(=O)O. The fourth-order valence-electron chi connectivity index (χ4n) is 1.14. The first-order chi connectivity index (χ1) is 7.93. The van der Waals surface area contributed by atoms with Crippen LogP contribution in [-0.4, -0.2) is 42.3 Å². The van der Waals surface area contributed by atoms with Gasteiger partial charge in [-0.15, -0.1) is 0 Å². The Bertz CT molecular complexity index is 244. The summed E-state index contributed by atoms with van der Waals surface area (Å²) in [4.78, 5) is 21.7. The van der Waals surface area contributed by atoms with Crippen molar-refractivity contribution in [2.75, 3.05) is 13.2 Å². The van der Waals surface area contributed by atoms with E-state index in [-0.39, 0.29) is 24.9 Å². The van der Waals surface area contributed by atoms with Gasteiger partial charge in [0.05, 0.1) is 12.1 Å². The van der Waals surface area contributed by atoms with Gasteiger partial charge in [0, 0.05) is 19.6 Å². The van der Waals surface area contributed by atoms with Crippen LogP contribution in [0.5, 0.6) is 0 Å². The van der Waals surface area contributed by atoms with E-state index in [1.807, 2.05) is 13.8 Å². The number of aliphatic carboxylic acids is 1. The lowest BCUT2D eigenvalue weighted by Crippen LogP contribution is -2.41. The Morgan fingerprint density at radius 3 is 2.59 bits per heavy atom. The highest BCUT2D eigenvalue weighted by Crippen LogP contribution is 1.95. The molecule has 1 atom stereocenters. The molecule has 100 valence electrons. The number of carboxylic acid groups (broad SMARTS) is 1. The van der Waals surface area contributed by atoms with Gasteiger partial charge in [0.25, 0.3) is 0 Å². The zero-order valence-corrected chi connectivity index (χ0v) is 10.4. The van der Waals surface area contributed by atoms with Crippen LogP contribution in [0.2, 0.25) is 0 Å². The Labute approximate surface area is 102 Å². The van der Waals surface area contributed by atoms with E-state index in [1.165, 1.54) is 0 Å². The highest BCUT2D eigenvalue weighted by Gasteiger charge is 2.13. The second-order valence-electron chi connectivity index (χ2n) is 4.10. The molecule has 0 rings (SSSR count). The van der Waals surface area contributed by atoms with E-state index in [0.717, 1.165) is 6.42 Å². The molecule has 0 aliphatic heterocycles. The maximum Gasteiger partial charge on any atom is 0.303 e. The standard InChI is InChI=1S/C11H22N2O4/c1-8(2)17-7-3-6-13-11(16)9(12)4-5-10(14)15/h8-9H,3-7,12H2,1-2H3,(H,13,16)(H,14,15). The Hall–Kier alpha value is -1.14. The van der Waals surface area contributed by atoms with Crippen LogP contribution in [0, 0.1) is 0 Å². The van der Waals surface area contributed by atoms with Crippen LogP contribution in [0.25, 0.3) is 0 Å². The largest absolute Gasteiger partial charge is 0.481 e. The summed E-state index contributed by atoms with van der Waals surface area (Å²) in [6.45, 7) is 4.97. The van der Waals surface area contributed by atoms with Crippen molar-refractivity contribution in [3.8, 4) is 0 Å². The summed E-state index contributed by atoms with van der Waals surface area (Å²) < 4.78 is 5.30. The zero-order valence-electron chi connectivity index (χ0n) is 10.4. The minimum Gasteiger partial charge on any atom is -0.481 e. The van der Waals surface area contributed by atoms with Gasteiger partial charge in [-0.3, -0.25) is 9.59 Å². The molecule has 1 amide bonds. The first kappa shape index (κ1) is 15.9. The Morgan fingerprint density at radius 1 is 1.41 bits per heavy atom. The minimum absolute atomic E-state index is 0.0922. The van der Waals surface area contributed by atoms with Crippen molar-refractivity contribution in [3.05, 3.63) is 0 Å². The number of carbonyl (C=O) groups is 2. The maximum absolute atomic E-state index is 11.4. The van der Waals surface area contributed by atoms with Crippen LogP contribution in [0.1, 0.15) is 33.1 Å². The molecule has 0 bridgehead atoms. The first-order valence-corrected chi connectivity index (χ1v) is 5.80. The predicted octanol–water partition coefficient (Wildman–Crippen LogP) is 0.110. The van der Waals surface area contributed by atoms with Crippen molar-refractivity contribution in [3.63, 3.8) is 0 Å². The molecule has 0 aromatic rings. The van der Waals surface area contributed by atoms with Crippen LogP contribution >= 0.6 is 0 Å². The second kappa shape index (κ2) is 8.95. The lowest BCUT2D eigenvalue weighted by atomic mass is 10.1. The highest BCUT2D eigenvalue weighted by atomic mass is 16.5. The van der Waals surface area contributed by atoms with Crippen molar-refractivity contribution in [1.82, 2.24) is 5.32 Å². The van der Waals surface area contributed by atoms with Crippen LogP contribution in [-0.2, 0) is 14.3 Å². The third kappa shape index (κ3) is 9.77. The number of hydrogen-bond donors (Lipinski definition) is 3. The number of nitrogens with one attached hydrogen (secondary N) is 1. The Kier molecular flexibility index (Phi) is 8.35. The lowest BCUT2D eigenvalue weighted by Gasteiger charge is -2.11. The number of ether oxygens (including phenoxy) is 1. The molecule has 6 heteroatoms. The number of rotatable bonds is 9. The van der Waals surface area contributed by atoms with E-state index in [0.29, 0.717) is 13.2 Å². The molecule has 1 unspecified atom stereocenters. The van der Waals surface area contributed by atoms with E-state index in [4.69, 9.17) is 15.6 Å². The third-order valence-corrected chi connectivity index (χ3v) is 2.08. The lowest BCUT2D eigenvalue weighted by molar-refractivity contribution is -0.137. The molecule has 0 aromatic carbocycles. The maximum atomic E-state index is 11.4. The Morgan fingerprint density at radius 2 is 2.06 bits per heavy atom. The summed E-state index contributed by atoms with van der Waals surface area (Å²) >= 11 is 0. The van der Waals surface area contributed by atoms with Crippen molar-refractivity contribution >= 4 is 11.9 Å². The summed E-state index contributed by atoms with van der Waals surface area (Å²) in [6, 6.07) is -0.753. The van der Waals surface area contributed by atoms with Crippen LogP contribution < -0.4 is 11.1 Å². The van der Waals surface area contributed by atoms with Gasteiger partial charge in [-0.2, -0.15) is 0 Å². The number of carboxylic acids is 1. The van der Waals surface area contributed by atoms with Gasteiger partial charge in [0.2, 0.25) is 5.91 Å². The van der Waals surface area contributed by atoms with Crippen LogP contribution in [0.3, 0.4) is 0 Å². The molecule has 0 spiro atoms. The van der Waals surface area contributed by atoms with Crippen molar-refractivity contribution in [1.29, 1.82) is 0 Å². The van der Waals surface area contributed by atoms with Gasteiger partial charge in [0.15, 0.2) is 0 Å². The molecule has 0 saturated carbocycles. The number of amides is 1. The molecular formula is C11H22N2O4. The average Bonchev–Trinajstić information content (AvgIpc) is 2.24. The van der Waals surface area contributed by atoms with Gasteiger partial charge >= 0.3 is 5.97 Å². The van der Waals surface area contributed by atoms with Crippen LogP contribution in [0.4, 0.5) is 0 Å². The fourth-order valence-corrected chi connectivity index (χ4v) is 1.14. The van der Waals surface area contributed by atoms with Crippen molar-refractivity contribution < 1.29 is 19.4 Å². The fraction of sp³-hybridized carbons (Fsp3) is 0.818. The molecule has 0 aliphatic rings. The molecule has 0 radical (unpaired) electrons. The summed E-state index contributed by atoms with van der Waals surface area (Å²) in [5, 5.41) is 11.1. The summed E-state index contributed by atoms with van der Waals surface area (Å²) in [5.74, 6) is -1.26. The Balaban J connectivity index is 3.53. The topological polar surface area (TPSA) is 102 Å². The molecule has 17 heavy (non-hydrogen) atoms. The van der Waals surface area contributed by atoms with Gasteiger partial charge in [-0.25, -0.2) is 0 Å². The first-order valence-electron chi connectivity index (χ1n) is 5.80. The van der Waals surface area contributed by atoms with Crippen molar-refractivity contribution in [2.45, 2.75) is 45.3 Å². The zero-order chi connectivity index (χ0) is 13.3. The highest BCUT2D eigenvalue weighted by molar-refractivity contribution is 5.82. The monoisotopic (exact) mass is 246 g/mol. The summed E-state index contributed by atoms with van der Waals surface area (Å²) in [5.41, 5.74) is 5.52. The quantitative estimate of drug-likeness (QED) is 0.501. The van der Waals surface area contributed by atoms with E-state index in [1.54, 1.807) is 0 Å². The van der Waals surface area contributed by atoms with Crippen molar-refractivity contribution in [2.24, 2.45) is 5.73 Å². The molecule has 0 fully saturated rings. The number of hydrogen-bond acceptors (Lipinski definition) is 4.